The van der Waals surface area contributed by atoms with Crippen molar-refractivity contribution in [1.29, 1.82) is 0 Å². The quantitative estimate of drug-likeness (QED) is 0.613. The van der Waals surface area contributed by atoms with Crippen molar-refractivity contribution in [1.82, 2.24) is 9.97 Å². The van der Waals surface area contributed by atoms with Crippen LogP contribution in [0.2, 0.25) is 0 Å². The summed E-state index contributed by atoms with van der Waals surface area (Å²) in [4.78, 5) is 24.8. The molecule has 2 aliphatic heterocycles. The lowest BCUT2D eigenvalue weighted by Gasteiger charge is -2.44. The van der Waals surface area contributed by atoms with Gasteiger partial charge < -0.3 is 9.64 Å². The Morgan fingerprint density at radius 3 is 2.41 bits per heavy atom. The number of carbonyl (C=O) groups excluding carboxylic acids is 1. The van der Waals surface area contributed by atoms with Crippen molar-refractivity contribution in [3.05, 3.63) is 58.8 Å². The fourth-order valence-electron chi connectivity index (χ4n) is 4.72. The average molecular weight is 387 g/mol. The third kappa shape index (κ3) is 3.05. The second-order valence-electron chi connectivity index (χ2n) is 8.45. The summed E-state index contributed by atoms with van der Waals surface area (Å²) in [5.41, 5.74) is 5.27. The maximum atomic E-state index is 12.9. The molecule has 1 saturated heterocycles. The molecule has 1 fully saturated rings. The van der Waals surface area contributed by atoms with Crippen LogP contribution >= 0.6 is 0 Å². The first-order chi connectivity index (χ1) is 13.9. The van der Waals surface area contributed by atoms with Crippen LogP contribution in [0.5, 0.6) is 5.75 Å². The number of fused-ring (bicyclic) bond motifs is 2. The van der Waals surface area contributed by atoms with Gasteiger partial charge in [-0.15, -0.1) is 0 Å². The minimum Gasteiger partial charge on any atom is -0.486 e. The predicted molar refractivity (Wildman–Crippen MR) is 114 cm³/mol. The average Bonchev–Trinajstić information content (AvgIpc) is 2.69. The Morgan fingerprint density at radius 1 is 1.00 bits per heavy atom. The first kappa shape index (κ1) is 18.1. The third-order valence-electron chi connectivity index (χ3n) is 6.21. The van der Waals surface area contributed by atoms with Gasteiger partial charge in [0.2, 0.25) is 0 Å². The molecule has 0 unspecified atom stereocenters. The highest BCUT2D eigenvalue weighted by Crippen LogP contribution is 2.42. The molecule has 0 amide bonds. The molecule has 5 heteroatoms. The fourth-order valence-corrected chi connectivity index (χ4v) is 4.72. The number of carbonyl (C=O) groups is 1. The van der Waals surface area contributed by atoms with Crippen LogP contribution in [0.25, 0.3) is 11.0 Å². The zero-order valence-electron chi connectivity index (χ0n) is 17.2. The lowest BCUT2D eigenvalue weighted by Crippen LogP contribution is -2.51. The molecule has 0 aliphatic carbocycles. The van der Waals surface area contributed by atoms with Crippen molar-refractivity contribution < 1.29 is 9.53 Å². The molecule has 2 aromatic carbocycles. The Bertz CT molecular complexity index is 1130. The summed E-state index contributed by atoms with van der Waals surface area (Å²) in [6, 6.07) is 12.0. The van der Waals surface area contributed by atoms with Gasteiger partial charge in [-0.2, -0.15) is 0 Å². The molecule has 0 N–H and O–H groups in total. The molecular formula is C24H25N3O2. The van der Waals surface area contributed by atoms with E-state index < -0.39 is 5.60 Å². The molecule has 148 valence electrons. The largest absolute Gasteiger partial charge is 0.486 e. The van der Waals surface area contributed by atoms with Crippen LogP contribution in [-0.4, -0.2) is 34.4 Å². The number of Topliss-reactive ketones (excluding diaryl/α,β-unsaturated/α-hetero) is 1. The molecule has 0 atom stereocenters. The minimum atomic E-state index is -0.404. The molecule has 29 heavy (non-hydrogen) atoms. The molecule has 1 aromatic heterocycles. The van der Waals surface area contributed by atoms with Gasteiger partial charge in [-0.3, -0.25) is 4.79 Å². The monoisotopic (exact) mass is 387 g/mol. The Hall–Kier alpha value is -2.95. The predicted octanol–water partition coefficient (Wildman–Crippen LogP) is 4.56. The number of piperidine rings is 1. The molecule has 0 bridgehead atoms. The summed E-state index contributed by atoms with van der Waals surface area (Å²) in [6.07, 6.45) is 2.07. The van der Waals surface area contributed by atoms with Gasteiger partial charge in [-0.05, 0) is 50.1 Å². The van der Waals surface area contributed by atoms with E-state index in [2.05, 4.69) is 11.0 Å². The maximum absolute atomic E-state index is 12.9. The number of hydrogen-bond acceptors (Lipinski definition) is 5. The lowest BCUT2D eigenvalue weighted by atomic mass is 9.81. The van der Waals surface area contributed by atoms with E-state index in [4.69, 9.17) is 14.7 Å². The van der Waals surface area contributed by atoms with E-state index in [1.165, 1.54) is 0 Å². The molecule has 1 spiro atoms. The molecule has 2 aliphatic rings. The van der Waals surface area contributed by atoms with Gasteiger partial charge in [0.1, 0.15) is 11.4 Å². The van der Waals surface area contributed by atoms with Gasteiger partial charge in [-0.1, -0.05) is 18.2 Å². The van der Waals surface area contributed by atoms with Gasteiger partial charge in [0.05, 0.1) is 28.7 Å². The smallest absolute Gasteiger partial charge is 0.170 e. The van der Waals surface area contributed by atoms with E-state index in [1.54, 1.807) is 0 Å². The summed E-state index contributed by atoms with van der Waals surface area (Å²) in [7, 11) is 0. The zero-order valence-corrected chi connectivity index (χ0v) is 17.2. The van der Waals surface area contributed by atoms with Gasteiger partial charge in [0.25, 0.3) is 0 Å². The van der Waals surface area contributed by atoms with Crippen LogP contribution < -0.4 is 9.64 Å². The molecule has 3 aromatic rings. The number of benzene rings is 2. The van der Waals surface area contributed by atoms with Crippen LogP contribution in [0, 0.1) is 20.8 Å². The fraction of sp³-hybridized carbons (Fsp3) is 0.375. The lowest BCUT2D eigenvalue weighted by molar-refractivity contribution is 0.0225. The normalized spacial score (nSPS) is 18.0. The van der Waals surface area contributed by atoms with Crippen molar-refractivity contribution in [3.8, 4) is 5.75 Å². The van der Waals surface area contributed by atoms with Gasteiger partial charge >= 0.3 is 0 Å². The SMILES string of the molecule is Cc1cc(C)c2c(c1)C(=O)CC1(CCN(c3nc4ccccc4nc3C)CC1)O2. The number of ketones is 1. The van der Waals surface area contributed by atoms with Crippen LogP contribution in [0.4, 0.5) is 5.82 Å². The Kier molecular flexibility index (Phi) is 4.09. The first-order valence-electron chi connectivity index (χ1n) is 10.3. The summed E-state index contributed by atoms with van der Waals surface area (Å²) in [5, 5.41) is 0. The Labute approximate surface area is 170 Å². The van der Waals surface area contributed by atoms with Gasteiger partial charge in [0.15, 0.2) is 11.6 Å². The Balaban J connectivity index is 1.41. The summed E-state index contributed by atoms with van der Waals surface area (Å²) in [6.45, 7) is 7.68. The second kappa shape index (κ2) is 6.55. The van der Waals surface area contributed by atoms with Crippen LogP contribution in [0.15, 0.2) is 36.4 Å². The summed E-state index contributed by atoms with van der Waals surface area (Å²) >= 11 is 0. The molecule has 5 nitrogen and oxygen atoms in total. The van der Waals surface area contributed by atoms with Crippen molar-refractivity contribution in [2.75, 3.05) is 18.0 Å². The van der Waals surface area contributed by atoms with E-state index in [9.17, 15) is 4.79 Å². The van der Waals surface area contributed by atoms with Crippen molar-refractivity contribution in [3.63, 3.8) is 0 Å². The maximum Gasteiger partial charge on any atom is 0.170 e. The van der Waals surface area contributed by atoms with Crippen molar-refractivity contribution in [2.24, 2.45) is 0 Å². The van der Waals surface area contributed by atoms with Crippen LogP contribution in [-0.2, 0) is 0 Å². The number of nitrogens with zero attached hydrogens (tertiary/aromatic N) is 3. The van der Waals surface area contributed by atoms with E-state index in [-0.39, 0.29) is 5.78 Å². The third-order valence-corrected chi connectivity index (χ3v) is 6.21. The second-order valence-corrected chi connectivity index (χ2v) is 8.45. The van der Waals surface area contributed by atoms with Crippen molar-refractivity contribution in [2.45, 2.75) is 45.6 Å². The number of para-hydroxylation sites is 2. The molecule has 0 saturated carbocycles. The Morgan fingerprint density at radius 2 is 1.69 bits per heavy atom. The molecule has 0 radical (unpaired) electrons. The topological polar surface area (TPSA) is 55.3 Å². The highest BCUT2D eigenvalue weighted by molar-refractivity contribution is 6.01. The summed E-state index contributed by atoms with van der Waals surface area (Å²) in [5.74, 6) is 1.92. The zero-order chi connectivity index (χ0) is 20.2. The highest BCUT2D eigenvalue weighted by atomic mass is 16.5. The molecule has 5 rings (SSSR count). The number of rotatable bonds is 1. The first-order valence-corrected chi connectivity index (χ1v) is 10.3. The highest BCUT2D eigenvalue weighted by Gasteiger charge is 2.43. The van der Waals surface area contributed by atoms with E-state index >= 15 is 0 Å². The van der Waals surface area contributed by atoms with Crippen LogP contribution in [0.1, 0.15) is 46.4 Å². The van der Waals surface area contributed by atoms with E-state index in [1.807, 2.05) is 51.1 Å². The number of ether oxygens (including phenoxy) is 1. The van der Waals surface area contributed by atoms with E-state index in [0.29, 0.717) is 6.42 Å². The number of hydrogen-bond donors (Lipinski definition) is 0. The van der Waals surface area contributed by atoms with Gasteiger partial charge in [-0.25, -0.2) is 9.97 Å². The van der Waals surface area contributed by atoms with Crippen molar-refractivity contribution >= 4 is 22.6 Å². The molecule has 3 heterocycles. The van der Waals surface area contributed by atoms with Crippen LogP contribution in [0.3, 0.4) is 0 Å². The molecular weight excluding hydrogens is 362 g/mol. The number of anilines is 1. The number of aryl methyl sites for hydroxylation is 3. The minimum absolute atomic E-state index is 0.202. The number of aromatic nitrogens is 2. The summed E-state index contributed by atoms with van der Waals surface area (Å²) < 4.78 is 6.52. The van der Waals surface area contributed by atoms with Gasteiger partial charge in [0, 0.05) is 25.9 Å². The van der Waals surface area contributed by atoms with E-state index in [0.717, 1.165) is 70.9 Å². The standard InChI is InChI=1S/C24H25N3O2/c1-15-12-16(2)22-18(13-15)21(28)14-24(29-22)8-10-27(11-9-24)23-17(3)25-19-6-4-5-7-20(19)26-23/h4-7,12-13H,8-11,14H2,1-3H3.